The molecule has 0 aliphatic rings. The Hall–Kier alpha value is -1.39. The van der Waals surface area contributed by atoms with Crippen molar-refractivity contribution >= 4 is 5.91 Å². The van der Waals surface area contributed by atoms with E-state index in [4.69, 9.17) is 9.84 Å². The molecule has 4 nitrogen and oxygen atoms in total. The third kappa shape index (κ3) is 6.71. The van der Waals surface area contributed by atoms with Gasteiger partial charge in [0.2, 0.25) is 5.91 Å². The molecule has 2 N–H and O–H groups in total. The maximum Gasteiger partial charge on any atom is 0.220 e. The Morgan fingerprint density at radius 3 is 2.71 bits per heavy atom. The van der Waals surface area contributed by atoms with Crippen LogP contribution in [0.15, 0.2) is 30.3 Å². The molecule has 0 aliphatic carbocycles. The molecule has 0 fully saturated rings. The van der Waals surface area contributed by atoms with Gasteiger partial charge >= 0.3 is 0 Å². The lowest BCUT2D eigenvalue weighted by Crippen LogP contribution is -2.27. The summed E-state index contributed by atoms with van der Waals surface area (Å²) in [6, 6.07) is 9.92. The molecule has 0 aromatic heterocycles. The van der Waals surface area contributed by atoms with Gasteiger partial charge < -0.3 is 15.2 Å². The third-order valence-corrected chi connectivity index (χ3v) is 2.29. The van der Waals surface area contributed by atoms with E-state index in [0.29, 0.717) is 26.2 Å². The summed E-state index contributed by atoms with van der Waals surface area (Å²) in [4.78, 5) is 11.4. The van der Waals surface area contributed by atoms with Gasteiger partial charge in [0.25, 0.3) is 0 Å². The summed E-state index contributed by atoms with van der Waals surface area (Å²) in [6.45, 7) is 1.27. The first-order chi connectivity index (χ1) is 8.33. The number of ether oxygens (including phenoxy) is 1. The Kier molecular flexibility index (Phi) is 7.02. The summed E-state index contributed by atoms with van der Waals surface area (Å²) in [5.74, 6) is 0.0291. The Balaban J connectivity index is 2.05. The molecule has 1 amide bonds. The lowest BCUT2D eigenvalue weighted by molar-refractivity contribution is -0.121. The maximum absolute atomic E-state index is 11.4. The Morgan fingerprint density at radius 2 is 2.00 bits per heavy atom. The van der Waals surface area contributed by atoms with Crippen molar-refractivity contribution in [3.8, 4) is 0 Å². The molecule has 0 bridgehead atoms. The number of aliphatic hydroxyl groups excluding tert-OH is 1. The maximum atomic E-state index is 11.4. The van der Waals surface area contributed by atoms with Crippen LogP contribution in [0.5, 0.6) is 0 Å². The van der Waals surface area contributed by atoms with Gasteiger partial charge in [0.15, 0.2) is 0 Å². The highest BCUT2D eigenvalue weighted by Gasteiger charge is 2.01. The van der Waals surface area contributed by atoms with Gasteiger partial charge in [0.05, 0.1) is 19.8 Å². The monoisotopic (exact) mass is 237 g/mol. The lowest BCUT2D eigenvalue weighted by atomic mass is 10.1. The molecule has 94 valence electrons. The fourth-order valence-electron chi connectivity index (χ4n) is 1.42. The Labute approximate surface area is 102 Å². The largest absolute Gasteiger partial charge is 0.394 e. The summed E-state index contributed by atoms with van der Waals surface area (Å²) >= 11 is 0. The molecule has 1 aromatic carbocycles. The molecule has 0 spiro atoms. The van der Waals surface area contributed by atoms with Gasteiger partial charge in [-0.1, -0.05) is 30.3 Å². The van der Waals surface area contributed by atoms with Crippen LogP contribution in [-0.4, -0.2) is 37.4 Å². The number of aliphatic hydroxyl groups is 1. The second kappa shape index (κ2) is 8.73. The average molecular weight is 237 g/mol. The van der Waals surface area contributed by atoms with Crippen LogP contribution in [-0.2, 0) is 16.0 Å². The van der Waals surface area contributed by atoms with E-state index < -0.39 is 0 Å². The summed E-state index contributed by atoms with van der Waals surface area (Å²) in [5, 5.41) is 11.2. The van der Waals surface area contributed by atoms with Gasteiger partial charge in [-0.3, -0.25) is 4.79 Å². The van der Waals surface area contributed by atoms with Gasteiger partial charge in [-0.2, -0.15) is 0 Å². The van der Waals surface area contributed by atoms with Crippen molar-refractivity contribution in [2.75, 3.05) is 26.4 Å². The van der Waals surface area contributed by atoms with Crippen LogP contribution in [0.4, 0.5) is 0 Å². The number of rotatable bonds is 8. The van der Waals surface area contributed by atoms with Crippen molar-refractivity contribution < 1.29 is 14.6 Å². The van der Waals surface area contributed by atoms with E-state index in [1.165, 1.54) is 5.56 Å². The number of benzene rings is 1. The quantitative estimate of drug-likeness (QED) is 0.656. The molecule has 0 heterocycles. The van der Waals surface area contributed by atoms with Gasteiger partial charge in [0.1, 0.15) is 0 Å². The van der Waals surface area contributed by atoms with Crippen molar-refractivity contribution in [2.45, 2.75) is 12.8 Å². The molecule has 1 rings (SSSR count). The second-order valence-electron chi connectivity index (χ2n) is 3.67. The molecule has 17 heavy (non-hydrogen) atoms. The number of hydrogen-bond acceptors (Lipinski definition) is 3. The van der Waals surface area contributed by atoms with Crippen LogP contribution in [0.1, 0.15) is 12.0 Å². The zero-order chi connectivity index (χ0) is 12.3. The van der Waals surface area contributed by atoms with E-state index in [1.54, 1.807) is 0 Å². The predicted octanol–water partition coefficient (Wildman–Crippen LogP) is 0.744. The Morgan fingerprint density at radius 1 is 1.24 bits per heavy atom. The first kappa shape index (κ1) is 13.7. The van der Waals surface area contributed by atoms with E-state index in [9.17, 15) is 4.79 Å². The molecule has 1 aromatic rings. The van der Waals surface area contributed by atoms with Crippen molar-refractivity contribution in [3.05, 3.63) is 35.9 Å². The molecule has 0 saturated heterocycles. The molecule has 0 aliphatic heterocycles. The summed E-state index contributed by atoms with van der Waals surface area (Å²) in [5.41, 5.74) is 1.17. The zero-order valence-corrected chi connectivity index (χ0v) is 9.89. The number of hydrogen-bond donors (Lipinski definition) is 2. The van der Waals surface area contributed by atoms with Crippen LogP contribution in [0, 0.1) is 0 Å². The van der Waals surface area contributed by atoms with Gasteiger partial charge in [0, 0.05) is 13.0 Å². The third-order valence-electron chi connectivity index (χ3n) is 2.29. The van der Waals surface area contributed by atoms with Crippen LogP contribution < -0.4 is 5.32 Å². The van der Waals surface area contributed by atoms with E-state index in [0.717, 1.165) is 6.42 Å². The summed E-state index contributed by atoms with van der Waals surface area (Å²) < 4.78 is 5.03. The van der Waals surface area contributed by atoms with E-state index >= 15 is 0 Å². The van der Waals surface area contributed by atoms with E-state index in [1.807, 2.05) is 30.3 Å². The highest BCUT2D eigenvalue weighted by Crippen LogP contribution is 2.01. The first-order valence-electron chi connectivity index (χ1n) is 5.82. The summed E-state index contributed by atoms with van der Waals surface area (Å²) in [6.07, 6.45) is 1.24. The van der Waals surface area contributed by atoms with Crippen LogP contribution in [0.3, 0.4) is 0 Å². The first-order valence-corrected chi connectivity index (χ1v) is 5.82. The van der Waals surface area contributed by atoms with Crippen molar-refractivity contribution in [1.29, 1.82) is 0 Å². The number of aryl methyl sites for hydroxylation is 1. The zero-order valence-electron chi connectivity index (χ0n) is 9.89. The fraction of sp³-hybridized carbons (Fsp3) is 0.462. The molecule has 0 saturated carbocycles. The standard InChI is InChI=1S/C13H19NO3/c15-9-11-17-10-8-14-13(16)7-6-12-4-2-1-3-5-12/h1-5,15H,6-11H2,(H,14,16). The van der Waals surface area contributed by atoms with Crippen molar-refractivity contribution in [1.82, 2.24) is 5.32 Å². The molecule has 0 unspecified atom stereocenters. The average Bonchev–Trinajstić information content (AvgIpc) is 2.37. The SMILES string of the molecule is O=C(CCc1ccccc1)NCCOCCO. The van der Waals surface area contributed by atoms with Gasteiger partial charge in [-0.05, 0) is 12.0 Å². The lowest BCUT2D eigenvalue weighted by Gasteiger charge is -2.05. The van der Waals surface area contributed by atoms with E-state index in [2.05, 4.69) is 5.32 Å². The van der Waals surface area contributed by atoms with Crippen LogP contribution in [0.25, 0.3) is 0 Å². The molecular formula is C13H19NO3. The predicted molar refractivity (Wildman–Crippen MR) is 65.7 cm³/mol. The molecular weight excluding hydrogens is 218 g/mol. The Bertz CT molecular complexity index is 314. The van der Waals surface area contributed by atoms with Crippen LogP contribution >= 0.6 is 0 Å². The molecule has 0 atom stereocenters. The minimum Gasteiger partial charge on any atom is -0.394 e. The normalized spacial score (nSPS) is 10.2. The van der Waals surface area contributed by atoms with Gasteiger partial charge in [-0.15, -0.1) is 0 Å². The van der Waals surface area contributed by atoms with Crippen molar-refractivity contribution in [3.63, 3.8) is 0 Å². The van der Waals surface area contributed by atoms with Crippen molar-refractivity contribution in [2.24, 2.45) is 0 Å². The number of amides is 1. The molecule has 0 radical (unpaired) electrons. The van der Waals surface area contributed by atoms with E-state index in [-0.39, 0.29) is 12.5 Å². The number of carbonyl (C=O) groups excluding carboxylic acids is 1. The number of nitrogens with one attached hydrogen (secondary N) is 1. The number of carbonyl (C=O) groups is 1. The highest BCUT2D eigenvalue weighted by atomic mass is 16.5. The van der Waals surface area contributed by atoms with Gasteiger partial charge in [-0.25, -0.2) is 0 Å². The minimum atomic E-state index is 0.0158. The smallest absolute Gasteiger partial charge is 0.220 e. The van der Waals surface area contributed by atoms with Crippen LogP contribution in [0.2, 0.25) is 0 Å². The highest BCUT2D eigenvalue weighted by molar-refractivity contribution is 5.76. The topological polar surface area (TPSA) is 58.6 Å². The molecule has 4 heteroatoms. The summed E-state index contributed by atoms with van der Waals surface area (Å²) in [7, 11) is 0. The fourth-order valence-corrected chi connectivity index (χ4v) is 1.42. The second-order valence-corrected chi connectivity index (χ2v) is 3.67. The minimum absolute atomic E-state index is 0.0158.